The van der Waals surface area contributed by atoms with Crippen molar-refractivity contribution in [2.45, 2.75) is 38.3 Å². The monoisotopic (exact) mass is 581 g/mol. The van der Waals surface area contributed by atoms with Crippen LogP contribution in [-0.2, 0) is 6.54 Å². The number of fused-ring (bicyclic) bond motifs is 1. The first-order chi connectivity index (χ1) is 20.4. The molecule has 2 saturated heterocycles. The number of benzene rings is 3. The van der Waals surface area contributed by atoms with E-state index in [2.05, 4.69) is 33.2 Å². The fourth-order valence-electron chi connectivity index (χ4n) is 5.76. The number of pyridine rings is 1. The molecule has 2 aliphatic heterocycles. The molecule has 4 aromatic rings. The minimum absolute atomic E-state index is 0.0923. The molecule has 0 saturated carbocycles. The molecule has 0 amide bonds. The van der Waals surface area contributed by atoms with Gasteiger partial charge < -0.3 is 20.2 Å². The summed E-state index contributed by atoms with van der Waals surface area (Å²) in [6.45, 7) is 5.75. The van der Waals surface area contributed by atoms with Crippen molar-refractivity contribution in [1.29, 1.82) is 5.26 Å². The van der Waals surface area contributed by atoms with Crippen molar-refractivity contribution < 1.29 is 9.90 Å². The first kappa shape index (κ1) is 29.5. The number of hydrogen-bond acceptors (Lipinski definition) is 7. The maximum absolute atomic E-state index is 11.7. The van der Waals surface area contributed by atoms with Crippen LogP contribution >= 0.6 is 11.6 Å². The van der Waals surface area contributed by atoms with Gasteiger partial charge in [0.2, 0.25) is 0 Å². The van der Waals surface area contributed by atoms with Crippen molar-refractivity contribution in [3.05, 3.63) is 88.4 Å². The van der Waals surface area contributed by atoms with Gasteiger partial charge in [-0.2, -0.15) is 5.26 Å². The van der Waals surface area contributed by atoms with E-state index in [1.54, 1.807) is 30.3 Å². The second-order valence-electron chi connectivity index (χ2n) is 11.1. The summed E-state index contributed by atoms with van der Waals surface area (Å²) in [6, 6.07) is 22.5. The molecule has 42 heavy (non-hydrogen) atoms. The summed E-state index contributed by atoms with van der Waals surface area (Å²) >= 11 is 5.97. The number of nitrogens with one attached hydrogen (secondary N) is 1. The Hall–Kier alpha value is -3.96. The Bertz CT molecular complexity index is 1560. The number of rotatable bonds is 7. The third-order valence-corrected chi connectivity index (χ3v) is 8.29. The largest absolute Gasteiger partial charge is 0.508 e. The van der Waals surface area contributed by atoms with Crippen LogP contribution in [0.1, 0.15) is 47.2 Å². The summed E-state index contributed by atoms with van der Waals surface area (Å²) in [6.07, 6.45) is 6.50. The van der Waals surface area contributed by atoms with Gasteiger partial charge in [0.05, 0.1) is 17.1 Å². The summed E-state index contributed by atoms with van der Waals surface area (Å²) in [4.78, 5) is 21.5. The number of carbonyl (C=O) groups excluding carboxylic acids is 1. The lowest BCUT2D eigenvalue weighted by atomic mass is 10.0. The second kappa shape index (κ2) is 13.8. The molecule has 0 spiro atoms. The van der Waals surface area contributed by atoms with Crippen LogP contribution in [0.5, 0.6) is 5.75 Å². The Kier molecular flexibility index (Phi) is 9.70. The highest BCUT2D eigenvalue weighted by Gasteiger charge is 2.24. The summed E-state index contributed by atoms with van der Waals surface area (Å²) in [5.41, 5.74) is 4.49. The molecular weight excluding hydrogens is 546 g/mol. The number of nitrogens with zero attached hydrogens (tertiary/aromatic N) is 4. The molecule has 3 heterocycles. The summed E-state index contributed by atoms with van der Waals surface area (Å²) in [5, 5.41) is 23.0. The van der Waals surface area contributed by atoms with Crippen LogP contribution in [0, 0.1) is 11.3 Å². The highest BCUT2D eigenvalue weighted by atomic mass is 35.5. The van der Waals surface area contributed by atoms with Gasteiger partial charge in [0.1, 0.15) is 11.6 Å². The lowest BCUT2D eigenvalue weighted by Crippen LogP contribution is -2.37. The van der Waals surface area contributed by atoms with E-state index in [0.717, 1.165) is 34.4 Å². The topological polar surface area (TPSA) is 92.5 Å². The average Bonchev–Trinajstić information content (AvgIpc) is 3.67. The Morgan fingerprint density at radius 1 is 1.02 bits per heavy atom. The molecule has 0 aliphatic carbocycles. The number of likely N-dealkylation sites (N-methyl/N-ethyl adjacent to an activating group) is 1. The number of phenols is 1. The maximum atomic E-state index is 11.7. The highest BCUT2D eigenvalue weighted by molar-refractivity contribution is 6.30. The molecule has 3 aromatic carbocycles. The zero-order valence-corrected chi connectivity index (χ0v) is 24.6. The number of aromatic nitrogens is 1. The number of aromatic hydroxyl groups is 1. The molecule has 7 nitrogen and oxygen atoms in total. The molecule has 0 radical (unpaired) electrons. The van der Waals surface area contributed by atoms with Crippen LogP contribution in [0.4, 0.5) is 5.82 Å². The van der Waals surface area contributed by atoms with Crippen molar-refractivity contribution in [2.75, 3.05) is 38.5 Å². The number of likely N-dealkylation sites (tertiary alicyclic amines) is 2. The molecule has 0 bridgehead atoms. The van der Waals surface area contributed by atoms with Crippen LogP contribution in [0.2, 0.25) is 5.02 Å². The van der Waals surface area contributed by atoms with Gasteiger partial charge in [-0.3, -0.25) is 4.79 Å². The Morgan fingerprint density at radius 2 is 1.79 bits per heavy atom. The third-order valence-electron chi connectivity index (χ3n) is 8.07. The fourth-order valence-corrected chi connectivity index (χ4v) is 6.01. The van der Waals surface area contributed by atoms with Gasteiger partial charge in [-0.15, -0.1) is 0 Å². The SMILES string of the molecule is CN1CCCC1CN1CCCC1.N#Cc1ccc(-c2ccc3nc(NCc4cc(O)cc(Cl)c4)cc(C=O)c3c2)cc1. The van der Waals surface area contributed by atoms with E-state index in [-0.39, 0.29) is 5.75 Å². The minimum Gasteiger partial charge on any atom is -0.508 e. The number of hydrogen-bond donors (Lipinski definition) is 2. The zero-order valence-electron chi connectivity index (χ0n) is 23.9. The number of phenolic OH excluding ortho intramolecular Hbond substituents is 1. The van der Waals surface area contributed by atoms with Crippen molar-refractivity contribution in [3.63, 3.8) is 0 Å². The third kappa shape index (κ3) is 7.46. The van der Waals surface area contributed by atoms with Gasteiger partial charge in [0, 0.05) is 35.1 Å². The smallest absolute Gasteiger partial charge is 0.150 e. The van der Waals surface area contributed by atoms with E-state index in [1.807, 2.05) is 30.3 Å². The van der Waals surface area contributed by atoms with E-state index < -0.39 is 0 Å². The van der Waals surface area contributed by atoms with Gasteiger partial charge in [0.25, 0.3) is 0 Å². The van der Waals surface area contributed by atoms with Crippen molar-refractivity contribution in [1.82, 2.24) is 14.8 Å². The predicted molar refractivity (Wildman–Crippen MR) is 169 cm³/mol. The normalized spacial score (nSPS) is 17.0. The molecule has 6 rings (SSSR count). The molecule has 2 aliphatic rings. The van der Waals surface area contributed by atoms with E-state index in [1.165, 1.54) is 57.9 Å². The average molecular weight is 582 g/mol. The number of halogens is 1. The predicted octanol–water partition coefficient (Wildman–Crippen LogP) is 6.73. The number of nitriles is 1. The number of aldehydes is 1. The second-order valence-corrected chi connectivity index (χ2v) is 11.5. The maximum Gasteiger partial charge on any atom is 0.150 e. The van der Waals surface area contributed by atoms with Crippen LogP contribution < -0.4 is 5.32 Å². The molecule has 1 aromatic heterocycles. The minimum atomic E-state index is 0.0923. The van der Waals surface area contributed by atoms with Crippen LogP contribution in [-0.4, -0.2) is 65.4 Å². The van der Waals surface area contributed by atoms with Gasteiger partial charge in [0.15, 0.2) is 6.29 Å². The lowest BCUT2D eigenvalue weighted by Gasteiger charge is -2.24. The molecule has 1 atom stereocenters. The van der Waals surface area contributed by atoms with Gasteiger partial charge in [-0.25, -0.2) is 4.98 Å². The molecule has 8 heteroatoms. The van der Waals surface area contributed by atoms with Gasteiger partial charge >= 0.3 is 0 Å². The Balaban J connectivity index is 0.000000244. The van der Waals surface area contributed by atoms with E-state index in [9.17, 15) is 9.90 Å². The van der Waals surface area contributed by atoms with Gasteiger partial charge in [-0.1, -0.05) is 29.8 Å². The fraction of sp³-hybridized carbons (Fsp3) is 0.324. The first-order valence-corrected chi connectivity index (χ1v) is 14.8. The number of carbonyl (C=O) groups is 1. The van der Waals surface area contributed by atoms with Gasteiger partial charge in [-0.05, 0) is 118 Å². The summed E-state index contributed by atoms with van der Waals surface area (Å²) in [5.74, 6) is 0.643. The summed E-state index contributed by atoms with van der Waals surface area (Å²) < 4.78 is 0. The standard InChI is InChI=1S/C24H16ClN3O2.C10H20N2/c25-20-7-16(8-21(30)11-20)13-27-24-10-19(14-29)22-9-18(5-6-23(22)28-24)17-3-1-15(12-26)2-4-17;1-11-6-4-5-10(11)9-12-7-2-3-8-12/h1-11,14,30H,13H2,(H,27,28);10H,2-9H2,1H3. The highest BCUT2D eigenvalue weighted by Crippen LogP contribution is 2.28. The van der Waals surface area contributed by atoms with E-state index >= 15 is 0 Å². The zero-order chi connectivity index (χ0) is 29.5. The van der Waals surface area contributed by atoms with Crippen molar-refractivity contribution in [2.24, 2.45) is 0 Å². The van der Waals surface area contributed by atoms with Crippen LogP contribution in [0.25, 0.3) is 22.0 Å². The molecule has 216 valence electrons. The molecule has 1 unspecified atom stereocenters. The van der Waals surface area contributed by atoms with Crippen LogP contribution in [0.15, 0.2) is 66.7 Å². The number of anilines is 1. The quantitative estimate of drug-likeness (QED) is 0.234. The molecule has 2 fully saturated rings. The first-order valence-electron chi connectivity index (χ1n) is 14.5. The van der Waals surface area contributed by atoms with Crippen LogP contribution in [0.3, 0.4) is 0 Å². The Morgan fingerprint density at radius 3 is 2.45 bits per heavy atom. The Labute approximate surface area is 252 Å². The lowest BCUT2D eigenvalue weighted by molar-refractivity contribution is 0.112. The van der Waals surface area contributed by atoms with Crippen molar-refractivity contribution >= 4 is 34.6 Å². The summed E-state index contributed by atoms with van der Waals surface area (Å²) in [7, 11) is 2.27. The molecule has 2 N–H and O–H groups in total. The van der Waals surface area contributed by atoms with E-state index in [0.29, 0.717) is 34.0 Å². The molecular formula is C34H36ClN5O2. The van der Waals surface area contributed by atoms with Crippen molar-refractivity contribution in [3.8, 4) is 22.9 Å². The van der Waals surface area contributed by atoms with E-state index in [4.69, 9.17) is 16.9 Å².